The van der Waals surface area contributed by atoms with Crippen LogP contribution in [0.2, 0.25) is 0 Å². The van der Waals surface area contributed by atoms with Crippen molar-refractivity contribution >= 4 is 17.0 Å². The molecular formula is C19H23N5O6. The van der Waals surface area contributed by atoms with Crippen LogP contribution in [0, 0.1) is 0 Å². The number of nitrogens with one attached hydrogen (secondary N) is 1. The van der Waals surface area contributed by atoms with E-state index in [4.69, 9.17) is 14.2 Å². The zero-order chi connectivity index (χ0) is 21.3. The van der Waals surface area contributed by atoms with Crippen LogP contribution in [0.3, 0.4) is 0 Å². The van der Waals surface area contributed by atoms with Crippen LogP contribution in [-0.2, 0) is 11.3 Å². The van der Waals surface area contributed by atoms with Crippen molar-refractivity contribution in [1.82, 2.24) is 19.5 Å². The van der Waals surface area contributed by atoms with Gasteiger partial charge in [0.05, 0.1) is 27.2 Å². The van der Waals surface area contributed by atoms with Gasteiger partial charge in [0.2, 0.25) is 0 Å². The number of methoxy groups -OCH3 is 2. The molecule has 0 radical (unpaired) electrons. The second-order valence-electron chi connectivity index (χ2n) is 6.78. The number of para-hydroxylation sites is 1. The van der Waals surface area contributed by atoms with Crippen LogP contribution in [0.25, 0.3) is 11.2 Å². The smallest absolute Gasteiger partial charge is 0.167 e. The molecule has 0 saturated carbocycles. The molecular weight excluding hydrogens is 394 g/mol. The first-order valence-electron chi connectivity index (χ1n) is 9.32. The maximum atomic E-state index is 10.3. The molecule has 1 aliphatic heterocycles. The molecule has 3 heterocycles. The number of benzene rings is 1. The molecule has 0 spiro atoms. The molecule has 11 heteroatoms. The number of aliphatic hydroxyl groups excluding tert-OH is 3. The third kappa shape index (κ3) is 3.41. The predicted octanol–water partition coefficient (Wildman–Crippen LogP) is 0.0671. The monoisotopic (exact) mass is 417 g/mol. The largest absolute Gasteiger partial charge is 0.493 e. The molecule has 0 bridgehead atoms. The average Bonchev–Trinajstić information content (AvgIpc) is 3.33. The maximum absolute atomic E-state index is 10.3. The van der Waals surface area contributed by atoms with Gasteiger partial charge >= 0.3 is 0 Å². The SMILES string of the molecule is COc1cccc(CNc2ncnc3c2ncn3[C@@H]2O[C@H](CO)[C@@H](O)[C@H]2O)c1OC. The van der Waals surface area contributed by atoms with Crippen LogP contribution in [0.5, 0.6) is 11.5 Å². The average molecular weight is 417 g/mol. The minimum absolute atomic E-state index is 0.396. The highest BCUT2D eigenvalue weighted by Gasteiger charge is 2.44. The predicted molar refractivity (Wildman–Crippen MR) is 105 cm³/mol. The molecule has 160 valence electrons. The fraction of sp³-hybridized carbons (Fsp3) is 0.421. The first-order valence-corrected chi connectivity index (χ1v) is 9.32. The zero-order valence-corrected chi connectivity index (χ0v) is 16.5. The van der Waals surface area contributed by atoms with E-state index < -0.39 is 31.1 Å². The number of imidazole rings is 1. The van der Waals surface area contributed by atoms with Gasteiger partial charge in [0, 0.05) is 12.1 Å². The van der Waals surface area contributed by atoms with Crippen molar-refractivity contribution in [3.63, 3.8) is 0 Å². The van der Waals surface area contributed by atoms with Crippen LogP contribution < -0.4 is 14.8 Å². The Hall–Kier alpha value is -2.99. The summed E-state index contributed by atoms with van der Waals surface area (Å²) in [5, 5.41) is 32.8. The minimum atomic E-state index is -1.23. The highest BCUT2D eigenvalue weighted by Crippen LogP contribution is 2.33. The Morgan fingerprint density at radius 3 is 2.67 bits per heavy atom. The van der Waals surface area contributed by atoms with E-state index in [0.717, 1.165) is 5.56 Å². The summed E-state index contributed by atoms with van der Waals surface area (Å²) < 4.78 is 17.9. The number of hydrogen-bond acceptors (Lipinski definition) is 10. The van der Waals surface area contributed by atoms with Crippen molar-refractivity contribution in [3.05, 3.63) is 36.4 Å². The molecule has 1 aromatic carbocycles. The molecule has 2 aromatic heterocycles. The highest BCUT2D eigenvalue weighted by atomic mass is 16.6. The first kappa shape index (κ1) is 20.3. The normalized spacial score (nSPS) is 23.6. The molecule has 4 rings (SSSR count). The second kappa shape index (κ2) is 8.40. The lowest BCUT2D eigenvalue weighted by Gasteiger charge is -2.16. The molecule has 0 amide bonds. The summed E-state index contributed by atoms with van der Waals surface area (Å²) in [6.45, 7) is -0.0152. The van der Waals surface area contributed by atoms with Crippen LogP contribution >= 0.6 is 0 Å². The van der Waals surface area contributed by atoms with Crippen molar-refractivity contribution < 1.29 is 29.5 Å². The van der Waals surface area contributed by atoms with Crippen LogP contribution in [0.15, 0.2) is 30.9 Å². The van der Waals surface area contributed by atoms with Crippen molar-refractivity contribution in [1.29, 1.82) is 0 Å². The standard InChI is InChI=1S/C19H23N5O6/c1-28-11-5-3-4-10(16(11)29-2)6-20-17-13-18(22-8-21-17)24(9-23-13)19-15(27)14(26)12(7-25)30-19/h3-5,8-9,12,14-15,19,25-27H,6-7H2,1-2H3,(H,20,21,22)/t12-,14-,15-,19-/m1/s1. The lowest BCUT2D eigenvalue weighted by atomic mass is 10.1. The number of aliphatic hydroxyl groups is 3. The van der Waals surface area contributed by atoms with Gasteiger partial charge < -0.3 is 34.8 Å². The Balaban J connectivity index is 1.61. The molecule has 3 aromatic rings. The van der Waals surface area contributed by atoms with E-state index in [2.05, 4.69) is 20.3 Å². The molecule has 0 unspecified atom stereocenters. The van der Waals surface area contributed by atoms with E-state index in [-0.39, 0.29) is 0 Å². The van der Waals surface area contributed by atoms with Crippen molar-refractivity contribution in [2.24, 2.45) is 0 Å². The first-order chi connectivity index (χ1) is 14.6. The van der Waals surface area contributed by atoms with Gasteiger partial charge in [-0.1, -0.05) is 12.1 Å². The maximum Gasteiger partial charge on any atom is 0.167 e. The minimum Gasteiger partial charge on any atom is -0.493 e. The van der Waals surface area contributed by atoms with E-state index in [1.165, 1.54) is 17.2 Å². The third-order valence-electron chi connectivity index (χ3n) is 5.08. The fourth-order valence-corrected chi connectivity index (χ4v) is 3.55. The number of rotatable bonds is 7. The number of ether oxygens (including phenoxy) is 3. The summed E-state index contributed by atoms with van der Waals surface area (Å²) in [4.78, 5) is 12.9. The van der Waals surface area contributed by atoms with E-state index in [1.807, 2.05) is 18.2 Å². The van der Waals surface area contributed by atoms with Gasteiger partial charge in [-0.2, -0.15) is 0 Å². The Morgan fingerprint density at radius 1 is 1.13 bits per heavy atom. The fourth-order valence-electron chi connectivity index (χ4n) is 3.55. The lowest BCUT2D eigenvalue weighted by Crippen LogP contribution is -2.33. The Kier molecular flexibility index (Phi) is 5.68. The molecule has 30 heavy (non-hydrogen) atoms. The quantitative estimate of drug-likeness (QED) is 0.417. The second-order valence-corrected chi connectivity index (χ2v) is 6.78. The highest BCUT2D eigenvalue weighted by molar-refractivity contribution is 5.82. The molecule has 0 aliphatic carbocycles. The van der Waals surface area contributed by atoms with Gasteiger partial charge in [0.1, 0.15) is 24.6 Å². The van der Waals surface area contributed by atoms with E-state index >= 15 is 0 Å². The van der Waals surface area contributed by atoms with E-state index in [0.29, 0.717) is 35.0 Å². The Labute approximate surface area is 171 Å². The van der Waals surface area contributed by atoms with Gasteiger partial charge in [-0.15, -0.1) is 0 Å². The van der Waals surface area contributed by atoms with Crippen LogP contribution in [0.4, 0.5) is 5.82 Å². The summed E-state index contributed by atoms with van der Waals surface area (Å²) in [6, 6.07) is 5.59. The van der Waals surface area contributed by atoms with E-state index in [9.17, 15) is 15.3 Å². The van der Waals surface area contributed by atoms with Gasteiger partial charge in [-0.3, -0.25) is 4.57 Å². The zero-order valence-electron chi connectivity index (χ0n) is 16.5. The van der Waals surface area contributed by atoms with Gasteiger partial charge in [0.25, 0.3) is 0 Å². The molecule has 1 saturated heterocycles. The molecule has 11 nitrogen and oxygen atoms in total. The summed E-state index contributed by atoms with van der Waals surface area (Å²) in [5.74, 6) is 1.73. The summed E-state index contributed by atoms with van der Waals surface area (Å²) in [6.07, 6.45) is -1.43. The van der Waals surface area contributed by atoms with Crippen LogP contribution in [0.1, 0.15) is 11.8 Å². The summed E-state index contributed by atoms with van der Waals surface area (Å²) in [5.41, 5.74) is 1.75. The van der Waals surface area contributed by atoms with Crippen molar-refractivity contribution in [2.75, 3.05) is 26.1 Å². The summed E-state index contributed by atoms with van der Waals surface area (Å²) >= 11 is 0. The Bertz CT molecular complexity index is 1030. The molecule has 4 N–H and O–H groups in total. The Morgan fingerprint density at radius 2 is 1.97 bits per heavy atom. The van der Waals surface area contributed by atoms with Crippen LogP contribution in [-0.4, -0.2) is 74.0 Å². The van der Waals surface area contributed by atoms with E-state index in [1.54, 1.807) is 14.2 Å². The topological polar surface area (TPSA) is 144 Å². The lowest BCUT2D eigenvalue weighted by molar-refractivity contribution is -0.0511. The van der Waals surface area contributed by atoms with Gasteiger partial charge in [-0.25, -0.2) is 15.0 Å². The molecule has 1 aliphatic rings. The van der Waals surface area contributed by atoms with Crippen molar-refractivity contribution in [3.8, 4) is 11.5 Å². The van der Waals surface area contributed by atoms with Crippen molar-refractivity contribution in [2.45, 2.75) is 31.1 Å². The number of hydrogen-bond donors (Lipinski definition) is 4. The third-order valence-corrected chi connectivity index (χ3v) is 5.08. The number of fused-ring (bicyclic) bond motifs is 1. The number of anilines is 1. The molecule has 4 atom stereocenters. The van der Waals surface area contributed by atoms with Gasteiger partial charge in [-0.05, 0) is 6.07 Å². The molecule has 1 fully saturated rings. The summed E-state index contributed by atoms with van der Waals surface area (Å²) in [7, 11) is 3.15. The number of nitrogens with zero attached hydrogens (tertiary/aromatic N) is 4. The van der Waals surface area contributed by atoms with Gasteiger partial charge in [0.15, 0.2) is 34.7 Å². The number of aromatic nitrogens is 4.